The van der Waals surface area contributed by atoms with Gasteiger partial charge in [0.1, 0.15) is 5.82 Å². The molecule has 1 amide bonds. The van der Waals surface area contributed by atoms with Crippen LogP contribution in [-0.4, -0.2) is 80.2 Å². The fourth-order valence-electron chi connectivity index (χ4n) is 5.47. The Morgan fingerprint density at radius 1 is 1.11 bits per heavy atom. The van der Waals surface area contributed by atoms with Gasteiger partial charge in [-0.3, -0.25) is 9.69 Å². The maximum Gasteiger partial charge on any atom is 0.234 e. The molecule has 4 aromatic rings. The van der Waals surface area contributed by atoms with Crippen molar-refractivity contribution in [3.05, 3.63) is 36.3 Å². The highest BCUT2D eigenvalue weighted by molar-refractivity contribution is 5.95. The number of piperazine rings is 1. The van der Waals surface area contributed by atoms with Gasteiger partial charge in [-0.1, -0.05) is 12.1 Å². The summed E-state index contributed by atoms with van der Waals surface area (Å²) in [5.74, 6) is 2.48. The molecular weight excluding hydrogens is 456 g/mol. The summed E-state index contributed by atoms with van der Waals surface area (Å²) >= 11 is 0. The number of morpholine rings is 1. The minimum Gasteiger partial charge on any atom is -0.378 e. The van der Waals surface area contributed by atoms with Crippen molar-refractivity contribution in [3.63, 3.8) is 0 Å². The Balaban J connectivity index is 1.49. The van der Waals surface area contributed by atoms with E-state index in [0.29, 0.717) is 32.1 Å². The fraction of sp³-hybridized carbons (Fsp3) is 0.462. The molecule has 2 aliphatic heterocycles. The average Bonchev–Trinajstić information content (AvgIpc) is 3.46. The molecule has 188 valence electrons. The molecular formula is C26H32N8O2. The van der Waals surface area contributed by atoms with Gasteiger partial charge in [0.25, 0.3) is 0 Å². The molecule has 0 bridgehead atoms. The third kappa shape index (κ3) is 4.10. The maximum atomic E-state index is 12.3. The normalized spacial score (nSPS) is 18.8. The predicted molar refractivity (Wildman–Crippen MR) is 139 cm³/mol. The minimum absolute atomic E-state index is 0.0427. The van der Waals surface area contributed by atoms with E-state index in [2.05, 4.69) is 63.6 Å². The lowest BCUT2D eigenvalue weighted by Crippen LogP contribution is -2.59. The number of fused-ring (bicyclic) bond motifs is 2. The molecule has 5 heterocycles. The molecule has 0 atom stereocenters. The standard InChI is InChI=1S/C26H32N8O2/c1-4-34-20(14-32-15-21(35)31-26(2,3)16-32)28-22-24(33-10-12-36-13-11-33)29-23(30-25(22)34)18-6-5-7-19-17(18)8-9-27-19/h5-9,27H,4,10-16H2,1-3H3,(H,31,35). The van der Waals surface area contributed by atoms with Crippen molar-refractivity contribution >= 4 is 33.8 Å². The lowest BCUT2D eigenvalue weighted by molar-refractivity contribution is -0.127. The Labute approximate surface area is 209 Å². The van der Waals surface area contributed by atoms with Crippen molar-refractivity contribution in [1.82, 2.24) is 34.7 Å². The Morgan fingerprint density at radius 2 is 1.94 bits per heavy atom. The number of H-pyrrole nitrogens is 1. The molecule has 6 rings (SSSR count). The van der Waals surface area contributed by atoms with E-state index in [1.54, 1.807) is 0 Å². The second kappa shape index (κ2) is 8.86. The predicted octanol–water partition coefficient (Wildman–Crippen LogP) is 2.54. The molecule has 2 saturated heterocycles. The number of aromatic nitrogens is 5. The number of aryl methyl sites for hydroxylation is 1. The van der Waals surface area contributed by atoms with Gasteiger partial charge in [-0.25, -0.2) is 15.0 Å². The Bertz CT molecular complexity index is 1430. The Hall–Kier alpha value is -3.50. The van der Waals surface area contributed by atoms with Gasteiger partial charge in [-0.15, -0.1) is 0 Å². The number of amides is 1. The topological polar surface area (TPSA) is 104 Å². The second-order valence-corrected chi connectivity index (χ2v) is 10.2. The van der Waals surface area contributed by atoms with Gasteiger partial charge in [-0.05, 0) is 32.9 Å². The number of imidazole rings is 1. The molecule has 0 saturated carbocycles. The lowest BCUT2D eigenvalue weighted by atomic mass is 10.0. The quantitative estimate of drug-likeness (QED) is 0.445. The zero-order chi connectivity index (χ0) is 24.9. The molecule has 36 heavy (non-hydrogen) atoms. The van der Waals surface area contributed by atoms with Crippen molar-refractivity contribution in [2.45, 2.75) is 39.4 Å². The van der Waals surface area contributed by atoms with Crippen LogP contribution < -0.4 is 10.2 Å². The third-order valence-electron chi connectivity index (χ3n) is 6.95. The van der Waals surface area contributed by atoms with Crippen LogP contribution >= 0.6 is 0 Å². The summed E-state index contributed by atoms with van der Waals surface area (Å²) in [7, 11) is 0. The van der Waals surface area contributed by atoms with Crippen LogP contribution in [0.15, 0.2) is 30.5 Å². The first-order valence-corrected chi connectivity index (χ1v) is 12.6. The first-order chi connectivity index (χ1) is 17.4. The van der Waals surface area contributed by atoms with E-state index < -0.39 is 0 Å². The van der Waals surface area contributed by atoms with Crippen LogP contribution in [0.25, 0.3) is 33.5 Å². The van der Waals surface area contributed by atoms with Gasteiger partial charge < -0.3 is 24.5 Å². The summed E-state index contributed by atoms with van der Waals surface area (Å²) < 4.78 is 7.78. The van der Waals surface area contributed by atoms with E-state index in [4.69, 9.17) is 19.7 Å². The van der Waals surface area contributed by atoms with Gasteiger partial charge in [0.05, 0.1) is 26.3 Å². The number of nitrogens with one attached hydrogen (secondary N) is 2. The van der Waals surface area contributed by atoms with Crippen LogP contribution in [0.4, 0.5) is 5.82 Å². The van der Waals surface area contributed by atoms with E-state index in [-0.39, 0.29) is 11.4 Å². The highest BCUT2D eigenvalue weighted by Gasteiger charge is 2.32. The molecule has 2 fully saturated rings. The van der Waals surface area contributed by atoms with Crippen LogP contribution in [0.1, 0.15) is 26.6 Å². The maximum absolute atomic E-state index is 12.3. The summed E-state index contributed by atoms with van der Waals surface area (Å²) in [5, 5.41) is 4.16. The zero-order valence-corrected chi connectivity index (χ0v) is 21.0. The number of ether oxygens (including phenoxy) is 1. The number of carbonyl (C=O) groups excluding carboxylic acids is 1. The number of nitrogens with zero attached hydrogens (tertiary/aromatic N) is 6. The fourth-order valence-corrected chi connectivity index (χ4v) is 5.47. The first kappa shape index (κ1) is 22.9. The van der Waals surface area contributed by atoms with E-state index in [0.717, 1.165) is 65.5 Å². The van der Waals surface area contributed by atoms with Crippen LogP contribution in [0.5, 0.6) is 0 Å². The minimum atomic E-state index is -0.278. The van der Waals surface area contributed by atoms with Crippen LogP contribution in [0.3, 0.4) is 0 Å². The average molecular weight is 489 g/mol. The van der Waals surface area contributed by atoms with E-state index in [1.165, 1.54) is 0 Å². The highest BCUT2D eigenvalue weighted by Crippen LogP contribution is 2.32. The summed E-state index contributed by atoms with van der Waals surface area (Å²) in [5.41, 5.74) is 3.40. The monoisotopic (exact) mass is 488 g/mol. The van der Waals surface area contributed by atoms with E-state index in [9.17, 15) is 4.79 Å². The number of hydrogen-bond acceptors (Lipinski definition) is 7. The SMILES string of the molecule is CCn1c(CN2CC(=O)NC(C)(C)C2)nc2c(N3CCOCC3)nc(-c3cccc4[nH]ccc34)nc21. The summed E-state index contributed by atoms with van der Waals surface area (Å²) in [6.45, 7) is 11.5. The molecule has 3 aromatic heterocycles. The van der Waals surface area contributed by atoms with Gasteiger partial charge in [-0.2, -0.15) is 0 Å². The summed E-state index contributed by atoms with van der Waals surface area (Å²) in [6, 6.07) is 8.23. The number of aromatic amines is 1. The second-order valence-electron chi connectivity index (χ2n) is 10.2. The van der Waals surface area contributed by atoms with Crippen molar-refractivity contribution in [3.8, 4) is 11.4 Å². The third-order valence-corrected chi connectivity index (χ3v) is 6.95. The number of rotatable bonds is 5. The zero-order valence-electron chi connectivity index (χ0n) is 21.0. The van der Waals surface area contributed by atoms with Gasteiger partial charge in [0, 0.05) is 54.4 Å². The molecule has 0 unspecified atom stereocenters. The van der Waals surface area contributed by atoms with Crippen LogP contribution in [0, 0.1) is 0 Å². The largest absolute Gasteiger partial charge is 0.378 e. The number of hydrogen-bond donors (Lipinski definition) is 2. The van der Waals surface area contributed by atoms with Crippen LogP contribution in [0.2, 0.25) is 0 Å². The molecule has 10 nitrogen and oxygen atoms in total. The summed E-state index contributed by atoms with van der Waals surface area (Å²) in [6.07, 6.45) is 1.94. The molecule has 2 aliphatic rings. The van der Waals surface area contributed by atoms with Crippen LogP contribution in [-0.2, 0) is 22.6 Å². The molecule has 2 N–H and O–H groups in total. The Kier molecular flexibility index (Phi) is 5.65. The molecule has 10 heteroatoms. The van der Waals surface area contributed by atoms with Gasteiger partial charge >= 0.3 is 0 Å². The molecule has 0 radical (unpaired) electrons. The van der Waals surface area contributed by atoms with Crippen molar-refractivity contribution in [2.75, 3.05) is 44.3 Å². The van der Waals surface area contributed by atoms with E-state index >= 15 is 0 Å². The molecule has 0 aliphatic carbocycles. The molecule has 0 spiro atoms. The Morgan fingerprint density at radius 3 is 2.72 bits per heavy atom. The first-order valence-electron chi connectivity index (χ1n) is 12.6. The summed E-state index contributed by atoms with van der Waals surface area (Å²) in [4.78, 5) is 35.3. The van der Waals surface area contributed by atoms with Crippen molar-refractivity contribution < 1.29 is 9.53 Å². The number of anilines is 1. The van der Waals surface area contributed by atoms with Crippen molar-refractivity contribution in [1.29, 1.82) is 0 Å². The van der Waals surface area contributed by atoms with E-state index in [1.807, 2.05) is 12.3 Å². The highest BCUT2D eigenvalue weighted by atomic mass is 16.5. The number of carbonyl (C=O) groups is 1. The van der Waals surface area contributed by atoms with Gasteiger partial charge in [0.15, 0.2) is 22.8 Å². The van der Waals surface area contributed by atoms with Gasteiger partial charge in [0.2, 0.25) is 5.91 Å². The smallest absolute Gasteiger partial charge is 0.234 e. The lowest BCUT2D eigenvalue weighted by Gasteiger charge is -2.38. The number of benzene rings is 1. The van der Waals surface area contributed by atoms with Crippen molar-refractivity contribution in [2.24, 2.45) is 0 Å². The molecule has 1 aromatic carbocycles.